The molecular weight excluding hydrogens is 1450 g/mol. The Labute approximate surface area is 535 Å². The molecule has 0 unspecified atom stereocenters. The monoisotopic (exact) mass is 1500 g/mol. The number of ether oxygens (including phenoxy) is 2. The predicted molar refractivity (Wildman–Crippen MR) is 319 cm³/mol. The van der Waals surface area contributed by atoms with Crippen molar-refractivity contribution in [2.45, 2.75) is 70.9 Å². The van der Waals surface area contributed by atoms with Crippen molar-refractivity contribution >= 4 is 73.7 Å². The minimum atomic E-state index is -4.79. The second-order valence-electron chi connectivity index (χ2n) is 18.9. The topological polar surface area (TPSA) is 220 Å². The summed E-state index contributed by atoms with van der Waals surface area (Å²) in [5, 5.41) is 25.9. The molecule has 0 atom stereocenters. The Balaban J connectivity index is 0.000000188. The SMILES string of the molecule is CCc1ccn2c(=O)c(-c3ccc(OCC#N)cc3)c(C(F)(F)F)nc2c1.CCc1ccn2c(=O)c(I)c(C(F)(F)F)nc2c1.CCc1ccn2c(=O)cc(C(F)(F)F)nc2c1.O=c1cc(C(F)(F)F)nc2cc(Br)ccn12.OB(O)c1ccc(OCC(F)(F)F)cc1. The van der Waals surface area contributed by atoms with E-state index in [1.807, 2.05) is 20.8 Å². The maximum atomic E-state index is 13.6. The summed E-state index contributed by atoms with van der Waals surface area (Å²) < 4.78 is 203. The first-order valence-electron chi connectivity index (χ1n) is 26.4. The van der Waals surface area contributed by atoms with Gasteiger partial charge < -0.3 is 19.5 Å². The lowest BCUT2D eigenvalue weighted by atomic mass is 9.80. The van der Waals surface area contributed by atoms with Crippen molar-refractivity contribution in [3.8, 4) is 28.7 Å². The van der Waals surface area contributed by atoms with Crippen molar-refractivity contribution in [2.75, 3.05) is 13.2 Å². The first-order valence-corrected chi connectivity index (χ1v) is 28.3. The van der Waals surface area contributed by atoms with Gasteiger partial charge in [0.25, 0.3) is 22.2 Å². The number of alkyl halides is 15. The normalized spacial score (nSPS) is 11.7. The van der Waals surface area contributed by atoms with Crippen molar-refractivity contribution in [2.24, 2.45) is 0 Å². The zero-order valence-electron chi connectivity index (χ0n) is 47.6. The van der Waals surface area contributed by atoms with Gasteiger partial charge in [0, 0.05) is 41.4 Å². The highest BCUT2D eigenvalue weighted by atomic mass is 127. The van der Waals surface area contributed by atoms with Gasteiger partial charge in [-0.3, -0.25) is 36.8 Å². The van der Waals surface area contributed by atoms with Gasteiger partial charge in [0.1, 0.15) is 43.7 Å². The number of hydrogen-bond donors (Lipinski definition) is 2. The van der Waals surface area contributed by atoms with Crippen LogP contribution >= 0.6 is 38.5 Å². The van der Waals surface area contributed by atoms with Gasteiger partial charge in [-0.2, -0.15) is 71.1 Å². The highest BCUT2D eigenvalue weighted by molar-refractivity contribution is 14.1. The van der Waals surface area contributed by atoms with Gasteiger partial charge in [0.2, 0.25) is 0 Å². The van der Waals surface area contributed by atoms with Crippen LogP contribution in [0.5, 0.6) is 11.5 Å². The number of rotatable bonds is 9. The standard InChI is InChI=1S/C19H14F3N3O2.C11H8F3IN2O.C11H9F3N2O.C9H4BrF3N2O.C8H8BF3O3/c1-2-12-7-9-25-15(11-12)24-17(19(20,21)22)16(18(25)26)13-3-5-14(6-4-13)27-10-8-23;1-2-6-3-4-17-7(5-6)16-9(11(12,13)14)8(15)10(17)18;1-2-7-3-4-16-9(5-7)15-8(6-10(16)17)11(12,13)14;10-5-1-2-15-7(3-5)14-6(4-8(15)16)9(11,12)13;10-8(11,12)5-15-7-3-1-6(2-4-7)9(13)14/h3-7,9,11H,2,10H2,1H3;3-5H,2H2,1H3;3-6H,2H2,1H3;1-4H;1-4,13-14H,5H2. The molecule has 490 valence electrons. The Kier molecular flexibility index (Phi) is 23.8. The fourth-order valence-electron chi connectivity index (χ4n) is 7.90. The number of benzene rings is 2. The van der Waals surface area contributed by atoms with E-state index in [1.165, 1.54) is 120 Å². The van der Waals surface area contributed by atoms with Gasteiger partial charge in [-0.1, -0.05) is 61.0 Å². The van der Waals surface area contributed by atoms with E-state index >= 15 is 0 Å². The van der Waals surface area contributed by atoms with Crippen LogP contribution < -0.4 is 37.2 Å². The molecule has 0 aliphatic heterocycles. The number of fused-ring (bicyclic) bond motifs is 4. The number of aryl methyl sites for hydroxylation is 3. The van der Waals surface area contributed by atoms with Crippen molar-refractivity contribution in [3.05, 3.63) is 223 Å². The summed E-state index contributed by atoms with van der Waals surface area (Å²) in [7, 11) is -1.64. The van der Waals surface area contributed by atoms with Crippen molar-refractivity contribution in [1.82, 2.24) is 37.5 Å². The minimum absolute atomic E-state index is 0.0178. The number of aromatic nitrogens is 8. The zero-order valence-corrected chi connectivity index (χ0v) is 51.4. The second kappa shape index (κ2) is 30.2. The Morgan fingerprint density at radius 3 is 1.33 bits per heavy atom. The Morgan fingerprint density at radius 2 is 0.914 bits per heavy atom. The second-order valence-corrected chi connectivity index (χ2v) is 20.9. The third kappa shape index (κ3) is 19.6. The third-order valence-corrected chi connectivity index (χ3v) is 13.9. The first-order chi connectivity index (χ1) is 43.4. The summed E-state index contributed by atoms with van der Waals surface area (Å²) in [6, 6.07) is 25.7. The fraction of sp³-hybridized carbons (Fsp3) is 0.224. The molecule has 0 fully saturated rings. The molecule has 0 amide bonds. The lowest BCUT2D eigenvalue weighted by Gasteiger charge is -2.14. The molecule has 93 heavy (non-hydrogen) atoms. The van der Waals surface area contributed by atoms with Gasteiger partial charge in [0.05, 0.1) is 5.56 Å². The van der Waals surface area contributed by atoms with Crippen LogP contribution in [0.25, 0.3) is 33.7 Å². The summed E-state index contributed by atoms with van der Waals surface area (Å²) in [5.74, 6) is 0.340. The third-order valence-electron chi connectivity index (χ3n) is 12.5. The summed E-state index contributed by atoms with van der Waals surface area (Å²) in [6.07, 6.45) is -15.4. The van der Waals surface area contributed by atoms with E-state index in [4.69, 9.17) is 20.0 Å². The van der Waals surface area contributed by atoms with Crippen LogP contribution in [0.1, 0.15) is 60.2 Å². The number of nitrogens with zero attached hydrogens (tertiary/aromatic N) is 9. The molecule has 2 N–H and O–H groups in total. The fourth-order valence-corrected chi connectivity index (χ4v) is 8.91. The molecule has 0 aliphatic rings. The molecule has 0 saturated heterocycles. The van der Waals surface area contributed by atoms with E-state index in [0.29, 0.717) is 41.6 Å². The molecule has 0 saturated carbocycles. The van der Waals surface area contributed by atoms with Crippen molar-refractivity contribution in [1.29, 1.82) is 5.26 Å². The summed E-state index contributed by atoms with van der Waals surface area (Å²) in [4.78, 5) is 61.6. The molecule has 0 spiro atoms. The molecule has 0 aliphatic carbocycles. The molecule has 8 heterocycles. The smallest absolute Gasteiger partial charge is 0.484 e. The number of halogens is 17. The van der Waals surface area contributed by atoms with E-state index in [2.05, 4.69) is 40.6 Å². The van der Waals surface area contributed by atoms with Crippen LogP contribution in [0.3, 0.4) is 0 Å². The molecule has 0 bridgehead atoms. The van der Waals surface area contributed by atoms with Gasteiger partial charge in [-0.25, -0.2) is 19.9 Å². The van der Waals surface area contributed by atoms with Gasteiger partial charge in [-0.05, 0) is 142 Å². The highest BCUT2D eigenvalue weighted by Crippen LogP contribution is 2.36. The highest BCUT2D eigenvalue weighted by Gasteiger charge is 2.39. The molecule has 2 aromatic carbocycles. The molecule has 0 radical (unpaired) electrons. The van der Waals surface area contributed by atoms with Crippen LogP contribution in [-0.4, -0.2) is 74.1 Å². The van der Waals surface area contributed by atoms with E-state index in [0.717, 1.165) is 34.3 Å². The van der Waals surface area contributed by atoms with Crippen LogP contribution in [0.2, 0.25) is 0 Å². The summed E-state index contributed by atoms with van der Waals surface area (Å²) in [5.41, 5.74) is -5.59. The number of nitriles is 1. The van der Waals surface area contributed by atoms with Gasteiger partial charge in [0.15, 0.2) is 36.0 Å². The molecular formula is C58H43BBrF15IN9O8. The number of hydrogen-bond acceptors (Lipinski definition) is 13. The van der Waals surface area contributed by atoms with Crippen LogP contribution in [-0.2, 0) is 44.0 Å². The Hall–Kier alpha value is -8.89. The lowest BCUT2D eigenvalue weighted by molar-refractivity contribution is -0.153. The lowest BCUT2D eigenvalue weighted by Crippen LogP contribution is -2.29. The maximum Gasteiger partial charge on any atom is 0.488 e. The van der Waals surface area contributed by atoms with Gasteiger partial charge >= 0.3 is 38.0 Å². The molecule has 17 nitrogen and oxygen atoms in total. The Morgan fingerprint density at radius 1 is 0.516 bits per heavy atom. The quantitative estimate of drug-likeness (QED) is 0.0781. The van der Waals surface area contributed by atoms with Crippen LogP contribution in [0.15, 0.2) is 158 Å². The van der Waals surface area contributed by atoms with Crippen molar-refractivity contribution in [3.63, 3.8) is 0 Å². The minimum Gasteiger partial charge on any atom is -0.484 e. The molecule has 8 aromatic heterocycles. The number of pyridine rings is 4. The summed E-state index contributed by atoms with van der Waals surface area (Å²) >= 11 is 4.48. The first kappa shape index (κ1) is 73.2. The molecule has 10 aromatic rings. The summed E-state index contributed by atoms with van der Waals surface area (Å²) in [6.45, 7) is 4.05. The van der Waals surface area contributed by atoms with E-state index in [9.17, 15) is 85.0 Å². The van der Waals surface area contributed by atoms with E-state index in [-0.39, 0.29) is 46.0 Å². The average molecular weight is 1500 g/mol. The largest absolute Gasteiger partial charge is 0.488 e. The average Bonchev–Trinajstić information content (AvgIpc) is 0.778. The van der Waals surface area contributed by atoms with E-state index < -0.39 is 98.8 Å². The van der Waals surface area contributed by atoms with Crippen LogP contribution in [0, 0.1) is 14.9 Å². The van der Waals surface area contributed by atoms with E-state index in [1.54, 1.807) is 30.3 Å². The van der Waals surface area contributed by atoms with Crippen molar-refractivity contribution < 1.29 is 85.4 Å². The van der Waals surface area contributed by atoms with Crippen LogP contribution in [0.4, 0.5) is 65.9 Å². The Bertz CT molecular complexity index is 4600. The van der Waals surface area contributed by atoms with Gasteiger partial charge in [-0.15, -0.1) is 0 Å². The predicted octanol–water partition coefficient (Wildman–Crippen LogP) is 11.8. The molecule has 10 rings (SSSR count). The molecule has 35 heteroatoms. The maximum absolute atomic E-state index is 13.6. The zero-order chi connectivity index (χ0) is 69.1.